The molecular weight excluding hydrogens is 225 g/mol. The van der Waals surface area contributed by atoms with E-state index in [1.165, 1.54) is 0 Å². The maximum absolute atomic E-state index is 10.7. The Morgan fingerprint density at radius 1 is 1.57 bits per heavy atom. The van der Waals surface area contributed by atoms with E-state index in [-0.39, 0.29) is 12.4 Å². The van der Waals surface area contributed by atoms with E-state index in [1.807, 2.05) is 6.07 Å². The minimum Gasteiger partial charge on any atom is -0.480 e. The van der Waals surface area contributed by atoms with Crippen molar-refractivity contribution in [3.05, 3.63) is 28.8 Å². The molecule has 0 saturated carbocycles. The molecule has 0 bridgehead atoms. The van der Waals surface area contributed by atoms with Crippen molar-refractivity contribution in [2.24, 2.45) is 0 Å². The lowest BCUT2D eigenvalue weighted by Crippen LogP contribution is -2.26. The molecule has 0 amide bonds. The first kappa shape index (κ1) is 11.1. The number of rotatable bonds is 1. The Balaban J connectivity index is 0.000000980. The zero-order valence-corrected chi connectivity index (χ0v) is 8.73. The highest BCUT2D eigenvalue weighted by molar-refractivity contribution is 6.30. The molecule has 1 aliphatic rings. The van der Waals surface area contributed by atoms with Crippen LogP contribution < -0.4 is 5.32 Å². The summed E-state index contributed by atoms with van der Waals surface area (Å²) < 4.78 is 0. The van der Waals surface area contributed by atoms with Crippen LogP contribution in [-0.4, -0.2) is 17.1 Å². The van der Waals surface area contributed by atoms with Crippen LogP contribution in [0.2, 0.25) is 5.02 Å². The molecule has 1 aromatic carbocycles. The summed E-state index contributed by atoms with van der Waals surface area (Å²) in [5.41, 5.74) is 1.84. The van der Waals surface area contributed by atoms with Crippen molar-refractivity contribution >= 4 is 35.7 Å². The molecule has 3 nitrogen and oxygen atoms in total. The Kier molecular flexibility index (Phi) is 3.24. The highest BCUT2D eigenvalue weighted by atomic mass is 35.5. The summed E-state index contributed by atoms with van der Waals surface area (Å²) in [5.74, 6) is -0.827. The van der Waals surface area contributed by atoms with Crippen LogP contribution >= 0.6 is 24.0 Å². The van der Waals surface area contributed by atoms with Gasteiger partial charge in [0.05, 0.1) is 0 Å². The number of fused-ring (bicyclic) bond motifs is 1. The summed E-state index contributed by atoms with van der Waals surface area (Å²) >= 11 is 5.76. The van der Waals surface area contributed by atoms with Crippen molar-refractivity contribution in [2.75, 3.05) is 5.32 Å². The van der Waals surface area contributed by atoms with Crippen LogP contribution in [0.3, 0.4) is 0 Å². The highest BCUT2D eigenvalue weighted by Gasteiger charge is 2.25. The second-order valence-electron chi connectivity index (χ2n) is 3.04. The van der Waals surface area contributed by atoms with Gasteiger partial charge >= 0.3 is 5.97 Å². The molecular formula is C9H9Cl2NO2. The normalized spacial score (nSPS) is 17.9. The van der Waals surface area contributed by atoms with E-state index in [1.54, 1.807) is 12.1 Å². The third kappa shape index (κ3) is 1.94. The molecule has 1 atom stereocenters. The molecule has 0 spiro atoms. The van der Waals surface area contributed by atoms with Gasteiger partial charge in [0.1, 0.15) is 6.04 Å². The molecule has 1 heterocycles. The summed E-state index contributed by atoms with van der Waals surface area (Å²) in [6.07, 6.45) is 0.530. The summed E-state index contributed by atoms with van der Waals surface area (Å²) in [4.78, 5) is 10.7. The fourth-order valence-corrected chi connectivity index (χ4v) is 1.64. The molecule has 0 saturated heterocycles. The van der Waals surface area contributed by atoms with E-state index < -0.39 is 12.0 Å². The van der Waals surface area contributed by atoms with E-state index in [4.69, 9.17) is 16.7 Å². The summed E-state index contributed by atoms with van der Waals surface area (Å²) in [7, 11) is 0. The quantitative estimate of drug-likeness (QED) is 0.782. The molecule has 76 valence electrons. The fourth-order valence-electron chi connectivity index (χ4n) is 1.47. The van der Waals surface area contributed by atoms with Crippen LogP contribution in [0.4, 0.5) is 5.69 Å². The van der Waals surface area contributed by atoms with Gasteiger partial charge in [-0.15, -0.1) is 12.4 Å². The third-order valence-corrected chi connectivity index (χ3v) is 2.36. The number of benzene rings is 1. The number of carboxylic acids is 1. The average Bonchev–Trinajstić information content (AvgIpc) is 2.46. The third-order valence-electron chi connectivity index (χ3n) is 2.12. The Bertz CT molecular complexity index is 368. The number of hydrogen-bond acceptors (Lipinski definition) is 2. The lowest BCUT2D eigenvalue weighted by Gasteiger charge is -2.03. The number of carboxylic acid groups (broad SMARTS) is 1. The van der Waals surface area contributed by atoms with E-state index in [9.17, 15) is 4.79 Å². The van der Waals surface area contributed by atoms with Crippen molar-refractivity contribution in [3.63, 3.8) is 0 Å². The van der Waals surface area contributed by atoms with E-state index in [2.05, 4.69) is 5.32 Å². The molecule has 0 fully saturated rings. The Hall–Kier alpha value is -0.930. The van der Waals surface area contributed by atoms with Gasteiger partial charge in [0, 0.05) is 17.1 Å². The molecule has 0 radical (unpaired) electrons. The van der Waals surface area contributed by atoms with E-state index in [0.717, 1.165) is 11.3 Å². The zero-order chi connectivity index (χ0) is 9.42. The summed E-state index contributed by atoms with van der Waals surface area (Å²) in [6.45, 7) is 0. The van der Waals surface area contributed by atoms with E-state index in [0.29, 0.717) is 11.4 Å². The largest absolute Gasteiger partial charge is 0.480 e. The Morgan fingerprint density at radius 3 is 2.93 bits per heavy atom. The molecule has 14 heavy (non-hydrogen) atoms. The summed E-state index contributed by atoms with van der Waals surface area (Å²) in [6, 6.07) is 4.87. The first-order valence-corrected chi connectivity index (χ1v) is 4.32. The van der Waals surface area contributed by atoms with Crippen LogP contribution in [0.15, 0.2) is 18.2 Å². The minimum atomic E-state index is -0.827. The molecule has 0 aliphatic carbocycles. The van der Waals surface area contributed by atoms with Crippen LogP contribution in [0, 0.1) is 0 Å². The average molecular weight is 234 g/mol. The first-order valence-electron chi connectivity index (χ1n) is 3.94. The number of halogens is 2. The van der Waals surface area contributed by atoms with Crippen molar-refractivity contribution in [2.45, 2.75) is 12.5 Å². The lowest BCUT2D eigenvalue weighted by atomic mass is 10.1. The second-order valence-corrected chi connectivity index (χ2v) is 3.48. The maximum atomic E-state index is 10.7. The number of aliphatic carboxylic acids is 1. The molecule has 1 unspecified atom stereocenters. The van der Waals surface area contributed by atoms with Gasteiger partial charge in [-0.05, 0) is 17.7 Å². The predicted molar refractivity (Wildman–Crippen MR) is 57.5 cm³/mol. The van der Waals surface area contributed by atoms with Gasteiger partial charge in [-0.3, -0.25) is 0 Å². The van der Waals surface area contributed by atoms with Crippen molar-refractivity contribution < 1.29 is 9.90 Å². The number of carbonyl (C=O) groups is 1. The smallest absolute Gasteiger partial charge is 0.326 e. The van der Waals surface area contributed by atoms with Crippen LogP contribution in [0.25, 0.3) is 0 Å². The van der Waals surface area contributed by atoms with Crippen LogP contribution in [0.5, 0.6) is 0 Å². The molecule has 2 rings (SSSR count). The van der Waals surface area contributed by atoms with Gasteiger partial charge < -0.3 is 10.4 Å². The lowest BCUT2D eigenvalue weighted by molar-refractivity contribution is -0.137. The monoisotopic (exact) mass is 233 g/mol. The van der Waals surface area contributed by atoms with Crippen molar-refractivity contribution in [1.29, 1.82) is 0 Å². The molecule has 1 aromatic rings. The second kappa shape index (κ2) is 4.07. The van der Waals surface area contributed by atoms with Crippen LogP contribution in [0.1, 0.15) is 5.56 Å². The Labute approximate surface area is 92.5 Å². The molecule has 2 N–H and O–H groups in total. The fraction of sp³-hybridized carbons (Fsp3) is 0.222. The highest BCUT2D eigenvalue weighted by Crippen LogP contribution is 2.28. The summed E-state index contributed by atoms with van der Waals surface area (Å²) in [5, 5.41) is 12.3. The maximum Gasteiger partial charge on any atom is 0.326 e. The number of anilines is 1. The van der Waals surface area contributed by atoms with Crippen molar-refractivity contribution in [3.8, 4) is 0 Å². The number of nitrogens with one attached hydrogen (secondary N) is 1. The zero-order valence-electron chi connectivity index (χ0n) is 7.16. The standard InChI is InChI=1S/C9H8ClNO2.ClH/c10-6-2-1-5-3-8(9(12)13)11-7(5)4-6;/h1-2,4,8,11H,3H2,(H,12,13);1H. The first-order chi connectivity index (χ1) is 6.16. The van der Waals surface area contributed by atoms with Gasteiger partial charge in [0.2, 0.25) is 0 Å². The number of hydrogen-bond donors (Lipinski definition) is 2. The van der Waals surface area contributed by atoms with Crippen LogP contribution in [-0.2, 0) is 11.2 Å². The van der Waals surface area contributed by atoms with Gasteiger partial charge in [-0.25, -0.2) is 4.79 Å². The van der Waals surface area contributed by atoms with Gasteiger partial charge in [-0.1, -0.05) is 17.7 Å². The van der Waals surface area contributed by atoms with Gasteiger partial charge in [0.15, 0.2) is 0 Å². The van der Waals surface area contributed by atoms with Gasteiger partial charge in [-0.2, -0.15) is 0 Å². The Morgan fingerprint density at radius 2 is 2.29 bits per heavy atom. The topological polar surface area (TPSA) is 49.3 Å². The molecule has 0 aromatic heterocycles. The molecule has 5 heteroatoms. The predicted octanol–water partition coefficient (Wildman–Crippen LogP) is 2.18. The van der Waals surface area contributed by atoms with Crippen molar-refractivity contribution in [1.82, 2.24) is 0 Å². The minimum absolute atomic E-state index is 0. The van der Waals surface area contributed by atoms with E-state index >= 15 is 0 Å². The SMILES string of the molecule is Cl.O=C(O)C1Cc2ccc(Cl)cc2N1. The van der Waals surface area contributed by atoms with Gasteiger partial charge in [0.25, 0.3) is 0 Å². The molecule has 1 aliphatic heterocycles.